The van der Waals surface area contributed by atoms with Crippen molar-refractivity contribution in [3.63, 3.8) is 0 Å². The van der Waals surface area contributed by atoms with E-state index in [-0.39, 0.29) is 5.91 Å². The average molecular weight is 274 g/mol. The Hall–Kier alpha value is -1.51. The molecule has 0 unspecified atom stereocenters. The van der Waals surface area contributed by atoms with Crippen LogP contribution in [0.3, 0.4) is 0 Å². The molecule has 1 aromatic rings. The van der Waals surface area contributed by atoms with Crippen LogP contribution < -0.4 is 5.32 Å². The van der Waals surface area contributed by atoms with E-state index in [0.717, 1.165) is 23.7 Å². The minimum Gasteiger partial charge on any atom is -0.385 e. The molecule has 1 fully saturated rings. The Bertz CT molecular complexity index is 419. The largest absolute Gasteiger partial charge is 0.385 e. The Kier molecular flexibility index (Phi) is 5.45. The Morgan fingerprint density at radius 3 is 2.40 bits per heavy atom. The van der Waals surface area contributed by atoms with Gasteiger partial charge >= 0.3 is 0 Å². The number of hydrogen-bond donors (Lipinski definition) is 1. The molecule has 0 atom stereocenters. The number of anilines is 1. The smallest absolute Gasteiger partial charge is 0.253 e. The topological polar surface area (TPSA) is 32.3 Å². The van der Waals surface area contributed by atoms with Crippen molar-refractivity contribution in [1.82, 2.24) is 4.90 Å². The SMILES string of the molecule is CN(C)C(=O)c1ccc(NCCC2CCCCC2)cc1. The average Bonchev–Trinajstić information content (AvgIpc) is 2.48. The molecule has 3 heteroatoms. The molecule has 1 aromatic carbocycles. The van der Waals surface area contributed by atoms with Gasteiger partial charge in [0.05, 0.1) is 0 Å². The first-order chi connectivity index (χ1) is 9.66. The fourth-order valence-corrected chi connectivity index (χ4v) is 2.89. The molecule has 20 heavy (non-hydrogen) atoms. The summed E-state index contributed by atoms with van der Waals surface area (Å²) in [5, 5.41) is 3.46. The van der Waals surface area contributed by atoms with Crippen molar-refractivity contribution in [1.29, 1.82) is 0 Å². The molecule has 1 N–H and O–H groups in total. The molecule has 3 nitrogen and oxygen atoms in total. The van der Waals surface area contributed by atoms with Gasteiger partial charge in [-0.15, -0.1) is 0 Å². The van der Waals surface area contributed by atoms with E-state index < -0.39 is 0 Å². The minimum absolute atomic E-state index is 0.0544. The third-order valence-corrected chi connectivity index (χ3v) is 4.14. The third-order valence-electron chi connectivity index (χ3n) is 4.14. The van der Waals surface area contributed by atoms with Gasteiger partial charge in [-0.2, -0.15) is 0 Å². The molecule has 0 aliphatic heterocycles. The standard InChI is InChI=1S/C17H26N2O/c1-19(2)17(20)15-8-10-16(11-9-15)18-13-12-14-6-4-3-5-7-14/h8-11,14,18H,3-7,12-13H2,1-2H3. The van der Waals surface area contributed by atoms with Crippen LogP contribution in [-0.4, -0.2) is 31.4 Å². The highest BCUT2D eigenvalue weighted by Gasteiger charge is 2.12. The van der Waals surface area contributed by atoms with Crippen LogP contribution in [0.1, 0.15) is 48.9 Å². The lowest BCUT2D eigenvalue weighted by molar-refractivity contribution is 0.0827. The second-order valence-electron chi connectivity index (χ2n) is 6.00. The van der Waals surface area contributed by atoms with Gasteiger partial charge < -0.3 is 10.2 Å². The van der Waals surface area contributed by atoms with Crippen molar-refractivity contribution in [2.24, 2.45) is 5.92 Å². The van der Waals surface area contributed by atoms with E-state index in [4.69, 9.17) is 0 Å². The van der Waals surface area contributed by atoms with Crippen molar-refractivity contribution in [2.45, 2.75) is 38.5 Å². The van der Waals surface area contributed by atoms with Crippen LogP contribution in [0.2, 0.25) is 0 Å². The zero-order chi connectivity index (χ0) is 14.4. The summed E-state index contributed by atoms with van der Waals surface area (Å²) in [5.74, 6) is 0.963. The maximum absolute atomic E-state index is 11.8. The molecule has 1 aliphatic rings. The third kappa shape index (κ3) is 4.26. The molecular weight excluding hydrogens is 248 g/mol. The molecule has 1 saturated carbocycles. The van der Waals surface area contributed by atoms with E-state index in [9.17, 15) is 4.79 Å². The number of hydrogen-bond acceptors (Lipinski definition) is 2. The first-order valence-corrected chi connectivity index (χ1v) is 7.72. The van der Waals surface area contributed by atoms with E-state index in [1.807, 2.05) is 24.3 Å². The summed E-state index contributed by atoms with van der Waals surface area (Å²) in [7, 11) is 3.55. The number of nitrogens with one attached hydrogen (secondary N) is 1. The van der Waals surface area contributed by atoms with Crippen molar-refractivity contribution >= 4 is 11.6 Å². The summed E-state index contributed by atoms with van der Waals surface area (Å²) in [4.78, 5) is 13.4. The maximum Gasteiger partial charge on any atom is 0.253 e. The van der Waals surface area contributed by atoms with Crippen molar-refractivity contribution in [2.75, 3.05) is 26.0 Å². The van der Waals surface area contributed by atoms with E-state index in [1.54, 1.807) is 19.0 Å². The van der Waals surface area contributed by atoms with Crippen molar-refractivity contribution < 1.29 is 4.79 Å². The quantitative estimate of drug-likeness (QED) is 0.886. The second kappa shape index (κ2) is 7.32. The van der Waals surface area contributed by atoms with Crippen LogP contribution in [0.5, 0.6) is 0 Å². The molecule has 0 heterocycles. The van der Waals surface area contributed by atoms with Crippen molar-refractivity contribution in [3.8, 4) is 0 Å². The minimum atomic E-state index is 0.0544. The van der Waals surface area contributed by atoms with Crippen LogP contribution in [-0.2, 0) is 0 Å². The summed E-state index contributed by atoms with van der Waals surface area (Å²) < 4.78 is 0. The number of carbonyl (C=O) groups is 1. The summed E-state index contributed by atoms with van der Waals surface area (Å²) >= 11 is 0. The Morgan fingerprint density at radius 2 is 1.80 bits per heavy atom. The molecule has 110 valence electrons. The van der Waals surface area contributed by atoms with Gasteiger partial charge in [0.15, 0.2) is 0 Å². The van der Waals surface area contributed by atoms with Gasteiger partial charge in [0.2, 0.25) is 0 Å². The molecule has 2 rings (SSSR count). The summed E-state index contributed by atoms with van der Waals surface area (Å²) in [6, 6.07) is 7.78. The number of benzene rings is 1. The first kappa shape index (κ1) is 14.9. The number of carbonyl (C=O) groups excluding carboxylic acids is 1. The van der Waals surface area contributed by atoms with Gasteiger partial charge in [0, 0.05) is 31.9 Å². The maximum atomic E-state index is 11.8. The predicted molar refractivity (Wildman–Crippen MR) is 84.1 cm³/mol. The monoisotopic (exact) mass is 274 g/mol. The second-order valence-corrected chi connectivity index (χ2v) is 6.00. The van der Waals surface area contributed by atoms with Gasteiger partial charge in [-0.25, -0.2) is 0 Å². The number of amides is 1. The summed E-state index contributed by atoms with van der Waals surface area (Å²) in [5.41, 5.74) is 1.85. The predicted octanol–water partition coefficient (Wildman–Crippen LogP) is 3.77. The number of nitrogens with zero attached hydrogens (tertiary/aromatic N) is 1. The van der Waals surface area contributed by atoms with E-state index >= 15 is 0 Å². The zero-order valence-corrected chi connectivity index (χ0v) is 12.7. The zero-order valence-electron chi connectivity index (χ0n) is 12.7. The van der Waals surface area contributed by atoms with Gasteiger partial charge in [-0.05, 0) is 36.6 Å². The lowest BCUT2D eigenvalue weighted by atomic mass is 9.87. The Labute approximate surface area is 122 Å². The molecule has 1 aliphatic carbocycles. The molecule has 0 radical (unpaired) electrons. The first-order valence-electron chi connectivity index (χ1n) is 7.72. The lowest BCUT2D eigenvalue weighted by Gasteiger charge is -2.21. The fourth-order valence-electron chi connectivity index (χ4n) is 2.89. The molecule has 0 spiro atoms. The van der Waals surface area contributed by atoms with Crippen LogP contribution in [0.25, 0.3) is 0 Å². The van der Waals surface area contributed by atoms with Crippen molar-refractivity contribution in [3.05, 3.63) is 29.8 Å². The summed E-state index contributed by atoms with van der Waals surface area (Å²) in [6.07, 6.45) is 8.30. The fraction of sp³-hybridized carbons (Fsp3) is 0.588. The van der Waals surface area contributed by atoms with E-state index in [2.05, 4.69) is 5.32 Å². The Morgan fingerprint density at radius 1 is 1.15 bits per heavy atom. The molecular formula is C17H26N2O. The van der Waals surface area contributed by atoms with Crippen LogP contribution in [0, 0.1) is 5.92 Å². The highest BCUT2D eigenvalue weighted by molar-refractivity contribution is 5.94. The van der Waals surface area contributed by atoms with Gasteiger partial charge in [0.25, 0.3) is 5.91 Å². The van der Waals surface area contributed by atoms with Gasteiger partial charge in [0.1, 0.15) is 0 Å². The van der Waals surface area contributed by atoms with E-state index in [1.165, 1.54) is 38.5 Å². The highest BCUT2D eigenvalue weighted by atomic mass is 16.2. The molecule has 1 amide bonds. The van der Waals surface area contributed by atoms with Crippen LogP contribution in [0.4, 0.5) is 5.69 Å². The summed E-state index contributed by atoms with van der Waals surface area (Å²) in [6.45, 7) is 1.03. The van der Waals surface area contributed by atoms with Gasteiger partial charge in [-0.1, -0.05) is 32.1 Å². The normalized spacial score (nSPS) is 15.9. The molecule has 0 bridgehead atoms. The number of rotatable bonds is 5. The molecule has 0 aromatic heterocycles. The van der Waals surface area contributed by atoms with Gasteiger partial charge in [-0.3, -0.25) is 4.79 Å². The molecule has 0 saturated heterocycles. The van der Waals surface area contributed by atoms with Crippen LogP contribution >= 0.6 is 0 Å². The van der Waals surface area contributed by atoms with E-state index in [0.29, 0.717) is 0 Å². The highest BCUT2D eigenvalue weighted by Crippen LogP contribution is 2.26. The van der Waals surface area contributed by atoms with Crippen LogP contribution in [0.15, 0.2) is 24.3 Å². The lowest BCUT2D eigenvalue weighted by Crippen LogP contribution is -2.21. The Balaban J connectivity index is 1.77.